The first kappa shape index (κ1) is 11.6. The number of hydrogen-bond donors (Lipinski definition) is 1. The average molecular weight is 229 g/mol. The molecule has 4 heteroatoms. The molecule has 0 spiro atoms. The predicted octanol–water partition coefficient (Wildman–Crippen LogP) is 1.13. The van der Waals surface area contributed by atoms with Crippen LogP contribution in [0.4, 0.5) is 5.69 Å². The van der Waals surface area contributed by atoms with Gasteiger partial charge in [-0.1, -0.05) is 12.1 Å². The number of anilines is 1. The molecule has 1 aromatic rings. The van der Waals surface area contributed by atoms with E-state index in [1.807, 2.05) is 6.07 Å². The van der Waals surface area contributed by atoms with Crippen LogP contribution in [0.2, 0.25) is 0 Å². The SMILES string of the molecule is CN(C(=O)C1CCNC1)c1ccccc1C#N. The number of rotatable bonds is 2. The van der Waals surface area contributed by atoms with Gasteiger partial charge in [-0.2, -0.15) is 5.26 Å². The number of carbonyl (C=O) groups is 1. The lowest BCUT2D eigenvalue weighted by Crippen LogP contribution is -2.34. The normalized spacial score (nSPS) is 18.7. The summed E-state index contributed by atoms with van der Waals surface area (Å²) in [7, 11) is 1.73. The standard InChI is InChI=1S/C13H15N3O/c1-16(13(17)11-6-7-15-9-11)12-5-3-2-4-10(12)8-14/h2-5,11,15H,6-7,9H2,1H3. The van der Waals surface area contributed by atoms with Crippen molar-refractivity contribution in [2.75, 3.05) is 25.0 Å². The molecule has 0 bridgehead atoms. The molecule has 17 heavy (non-hydrogen) atoms. The van der Waals surface area contributed by atoms with Gasteiger partial charge in [0.25, 0.3) is 0 Å². The average Bonchev–Trinajstić information content (AvgIpc) is 2.90. The van der Waals surface area contributed by atoms with Crippen LogP contribution in [0.25, 0.3) is 0 Å². The molecular weight excluding hydrogens is 214 g/mol. The van der Waals surface area contributed by atoms with E-state index in [2.05, 4.69) is 11.4 Å². The van der Waals surface area contributed by atoms with E-state index >= 15 is 0 Å². The van der Waals surface area contributed by atoms with Crippen LogP contribution in [-0.2, 0) is 4.79 Å². The van der Waals surface area contributed by atoms with Crippen LogP contribution in [0.1, 0.15) is 12.0 Å². The first-order valence-electron chi connectivity index (χ1n) is 5.71. The molecule has 0 radical (unpaired) electrons. The van der Waals surface area contributed by atoms with E-state index in [-0.39, 0.29) is 11.8 Å². The first-order valence-corrected chi connectivity index (χ1v) is 5.71. The molecule has 1 aliphatic heterocycles. The Morgan fingerprint density at radius 3 is 2.94 bits per heavy atom. The van der Waals surface area contributed by atoms with Gasteiger partial charge >= 0.3 is 0 Å². The lowest BCUT2D eigenvalue weighted by atomic mass is 10.1. The fourth-order valence-corrected chi connectivity index (χ4v) is 2.12. The number of benzene rings is 1. The Morgan fingerprint density at radius 1 is 1.53 bits per heavy atom. The van der Waals surface area contributed by atoms with Crippen LogP contribution in [0.5, 0.6) is 0 Å². The smallest absolute Gasteiger partial charge is 0.231 e. The fourth-order valence-electron chi connectivity index (χ4n) is 2.12. The van der Waals surface area contributed by atoms with E-state index in [1.54, 1.807) is 30.1 Å². The molecule has 1 aliphatic rings. The summed E-state index contributed by atoms with van der Waals surface area (Å²) < 4.78 is 0. The summed E-state index contributed by atoms with van der Waals surface area (Å²) in [5, 5.41) is 12.2. The Hall–Kier alpha value is -1.86. The molecule has 0 aromatic heterocycles. The maximum absolute atomic E-state index is 12.2. The lowest BCUT2D eigenvalue weighted by Gasteiger charge is -2.21. The Balaban J connectivity index is 2.21. The molecule has 1 fully saturated rings. The van der Waals surface area contributed by atoms with E-state index in [4.69, 9.17) is 5.26 Å². The quantitative estimate of drug-likeness (QED) is 0.827. The molecule has 1 unspecified atom stereocenters. The van der Waals surface area contributed by atoms with Gasteiger partial charge in [-0.05, 0) is 25.1 Å². The first-order chi connectivity index (χ1) is 8.24. The van der Waals surface area contributed by atoms with Crippen molar-refractivity contribution < 1.29 is 4.79 Å². The Bertz CT molecular complexity index is 458. The van der Waals surface area contributed by atoms with Crippen molar-refractivity contribution in [3.05, 3.63) is 29.8 Å². The van der Waals surface area contributed by atoms with Crippen molar-refractivity contribution in [2.24, 2.45) is 5.92 Å². The van der Waals surface area contributed by atoms with Gasteiger partial charge in [0.05, 0.1) is 17.2 Å². The van der Waals surface area contributed by atoms with Crippen LogP contribution < -0.4 is 10.2 Å². The summed E-state index contributed by atoms with van der Waals surface area (Å²) in [5.74, 6) is 0.115. The molecular formula is C13H15N3O. The predicted molar refractivity (Wildman–Crippen MR) is 65.5 cm³/mol. The molecule has 1 N–H and O–H groups in total. The number of para-hydroxylation sites is 1. The lowest BCUT2D eigenvalue weighted by molar-refractivity contribution is -0.121. The monoisotopic (exact) mass is 229 g/mol. The molecule has 88 valence electrons. The van der Waals surface area contributed by atoms with E-state index < -0.39 is 0 Å². The molecule has 1 saturated heterocycles. The number of hydrogen-bond acceptors (Lipinski definition) is 3. The molecule has 0 saturated carbocycles. The highest BCUT2D eigenvalue weighted by molar-refractivity contribution is 5.96. The second kappa shape index (κ2) is 4.98. The van der Waals surface area contributed by atoms with Crippen molar-refractivity contribution in [2.45, 2.75) is 6.42 Å². The minimum atomic E-state index is 0.0340. The van der Waals surface area contributed by atoms with Gasteiger partial charge < -0.3 is 10.2 Å². The molecule has 4 nitrogen and oxygen atoms in total. The summed E-state index contributed by atoms with van der Waals surface area (Å²) in [6.07, 6.45) is 0.873. The summed E-state index contributed by atoms with van der Waals surface area (Å²) in [6.45, 7) is 1.63. The topological polar surface area (TPSA) is 56.1 Å². The number of nitrogens with zero attached hydrogens (tertiary/aromatic N) is 2. The molecule has 1 aromatic carbocycles. The molecule has 1 atom stereocenters. The van der Waals surface area contributed by atoms with Crippen molar-refractivity contribution in [1.82, 2.24) is 5.32 Å². The highest BCUT2D eigenvalue weighted by Crippen LogP contribution is 2.21. The van der Waals surface area contributed by atoms with E-state index in [9.17, 15) is 4.79 Å². The minimum absolute atomic E-state index is 0.0340. The minimum Gasteiger partial charge on any atom is -0.316 e. The van der Waals surface area contributed by atoms with Gasteiger partial charge in [0.2, 0.25) is 5.91 Å². The van der Waals surface area contributed by atoms with Crippen LogP contribution in [0.3, 0.4) is 0 Å². The van der Waals surface area contributed by atoms with Crippen LogP contribution >= 0.6 is 0 Å². The summed E-state index contributed by atoms with van der Waals surface area (Å²) in [4.78, 5) is 13.8. The fraction of sp³-hybridized carbons (Fsp3) is 0.385. The molecule has 1 amide bonds. The van der Waals surface area contributed by atoms with Gasteiger partial charge in [-0.3, -0.25) is 4.79 Å². The second-order valence-corrected chi connectivity index (χ2v) is 4.22. The summed E-state index contributed by atoms with van der Waals surface area (Å²) in [6, 6.07) is 9.29. The maximum atomic E-state index is 12.2. The van der Waals surface area contributed by atoms with Crippen molar-refractivity contribution in [3.63, 3.8) is 0 Å². The maximum Gasteiger partial charge on any atom is 0.231 e. The third-order valence-electron chi connectivity index (χ3n) is 3.13. The zero-order valence-corrected chi connectivity index (χ0v) is 9.81. The van der Waals surface area contributed by atoms with E-state index in [1.165, 1.54) is 0 Å². The third kappa shape index (κ3) is 2.29. The molecule has 0 aliphatic carbocycles. The van der Waals surface area contributed by atoms with Gasteiger partial charge in [0, 0.05) is 13.6 Å². The van der Waals surface area contributed by atoms with Gasteiger partial charge in [-0.15, -0.1) is 0 Å². The Kier molecular flexibility index (Phi) is 3.40. The van der Waals surface area contributed by atoms with Gasteiger partial charge in [0.1, 0.15) is 6.07 Å². The van der Waals surface area contributed by atoms with Crippen LogP contribution in [0.15, 0.2) is 24.3 Å². The largest absolute Gasteiger partial charge is 0.316 e. The van der Waals surface area contributed by atoms with Gasteiger partial charge in [0.15, 0.2) is 0 Å². The summed E-state index contributed by atoms with van der Waals surface area (Å²) in [5.41, 5.74) is 1.22. The highest BCUT2D eigenvalue weighted by atomic mass is 16.2. The van der Waals surface area contributed by atoms with Gasteiger partial charge in [-0.25, -0.2) is 0 Å². The number of carbonyl (C=O) groups excluding carboxylic acids is 1. The van der Waals surface area contributed by atoms with E-state index in [0.29, 0.717) is 11.3 Å². The second-order valence-electron chi connectivity index (χ2n) is 4.22. The van der Waals surface area contributed by atoms with E-state index in [0.717, 1.165) is 19.5 Å². The van der Waals surface area contributed by atoms with Crippen molar-refractivity contribution in [3.8, 4) is 6.07 Å². The summed E-state index contributed by atoms with van der Waals surface area (Å²) >= 11 is 0. The zero-order chi connectivity index (χ0) is 12.3. The molecule has 1 heterocycles. The Morgan fingerprint density at radius 2 is 2.29 bits per heavy atom. The number of amides is 1. The van der Waals surface area contributed by atoms with Crippen LogP contribution in [0, 0.1) is 17.2 Å². The van der Waals surface area contributed by atoms with Crippen molar-refractivity contribution in [1.29, 1.82) is 5.26 Å². The molecule has 2 rings (SSSR count). The zero-order valence-electron chi connectivity index (χ0n) is 9.81. The Labute approximate surface area is 101 Å². The highest BCUT2D eigenvalue weighted by Gasteiger charge is 2.26. The van der Waals surface area contributed by atoms with Crippen LogP contribution in [-0.4, -0.2) is 26.0 Å². The van der Waals surface area contributed by atoms with Crippen molar-refractivity contribution >= 4 is 11.6 Å². The number of nitriles is 1. The number of nitrogens with one attached hydrogen (secondary N) is 1. The third-order valence-corrected chi connectivity index (χ3v) is 3.13.